The van der Waals surface area contributed by atoms with Crippen molar-refractivity contribution in [3.05, 3.63) is 63.6 Å². The van der Waals surface area contributed by atoms with Gasteiger partial charge < -0.3 is 34.4 Å². The normalized spacial score (nSPS) is 20.1. The summed E-state index contributed by atoms with van der Waals surface area (Å²) >= 11 is 12.5. The average Bonchev–Trinajstić information content (AvgIpc) is 3.30. The van der Waals surface area contributed by atoms with Crippen LogP contribution in [0.1, 0.15) is 57.6 Å². The first-order chi connectivity index (χ1) is 24.8. The van der Waals surface area contributed by atoms with E-state index in [0.29, 0.717) is 87.8 Å². The van der Waals surface area contributed by atoms with Crippen LogP contribution in [0.2, 0.25) is 10.0 Å². The molecule has 12 nitrogen and oxygen atoms in total. The lowest BCUT2D eigenvalue weighted by Crippen LogP contribution is -2.57. The summed E-state index contributed by atoms with van der Waals surface area (Å²) in [5, 5.41) is 3.81. The zero-order valence-electron chi connectivity index (χ0n) is 30.3. The highest BCUT2D eigenvalue weighted by molar-refractivity contribution is 6.42. The van der Waals surface area contributed by atoms with Crippen LogP contribution in [-0.2, 0) is 27.1 Å². The Bertz CT molecular complexity index is 1610. The van der Waals surface area contributed by atoms with Gasteiger partial charge in [0.15, 0.2) is 6.10 Å². The van der Waals surface area contributed by atoms with E-state index < -0.39 is 17.8 Å². The van der Waals surface area contributed by atoms with Gasteiger partial charge in [0.2, 0.25) is 0 Å². The van der Waals surface area contributed by atoms with Gasteiger partial charge >= 0.3 is 18.2 Å². The zero-order valence-corrected chi connectivity index (χ0v) is 31.8. The Balaban J connectivity index is 1.03. The minimum Gasteiger partial charge on any atom is -0.444 e. The fraction of sp³-hybridized carbons (Fsp3) is 0.579. The molecule has 5 amide bonds. The molecule has 4 heterocycles. The SMILES string of the molecule is CC(C)(C)OC(=O)N1CCC(N2CCN(C(=O)C(Cc3ccc(Cl)c(Cl)c3)OC(=O)N3CCC(N4CCc5ccccc5NC4=O)CC3)CC2)CC1. The maximum absolute atomic E-state index is 14.1. The molecule has 14 heteroatoms. The molecule has 3 saturated heterocycles. The summed E-state index contributed by atoms with van der Waals surface area (Å²) in [6.45, 7) is 10.7. The van der Waals surface area contributed by atoms with E-state index in [-0.39, 0.29) is 30.5 Å². The number of carbonyl (C=O) groups excluding carboxylic acids is 4. The Labute approximate surface area is 316 Å². The van der Waals surface area contributed by atoms with Gasteiger partial charge in [-0.25, -0.2) is 14.4 Å². The van der Waals surface area contributed by atoms with Crippen molar-refractivity contribution in [3.8, 4) is 0 Å². The number of amides is 5. The second-order valence-corrected chi connectivity index (χ2v) is 15.9. The number of anilines is 1. The van der Waals surface area contributed by atoms with Gasteiger partial charge in [-0.2, -0.15) is 0 Å². The van der Waals surface area contributed by atoms with E-state index in [0.717, 1.165) is 36.1 Å². The van der Waals surface area contributed by atoms with Crippen molar-refractivity contribution in [2.45, 2.75) is 83.1 Å². The molecule has 282 valence electrons. The summed E-state index contributed by atoms with van der Waals surface area (Å²) in [7, 11) is 0. The number of halogens is 2. The molecule has 0 bridgehead atoms. The van der Waals surface area contributed by atoms with Gasteiger partial charge in [-0.1, -0.05) is 47.5 Å². The van der Waals surface area contributed by atoms with E-state index in [2.05, 4.69) is 10.2 Å². The number of para-hydroxylation sites is 1. The van der Waals surface area contributed by atoms with Crippen molar-refractivity contribution in [3.63, 3.8) is 0 Å². The molecule has 2 aromatic rings. The smallest absolute Gasteiger partial charge is 0.410 e. The average molecular weight is 758 g/mol. The third-order valence-electron chi connectivity index (χ3n) is 10.5. The van der Waals surface area contributed by atoms with Gasteiger partial charge in [0, 0.05) is 83.1 Å². The van der Waals surface area contributed by atoms with Gasteiger partial charge in [0.25, 0.3) is 5.91 Å². The van der Waals surface area contributed by atoms with Crippen LogP contribution in [0.3, 0.4) is 0 Å². The van der Waals surface area contributed by atoms with E-state index in [1.54, 1.807) is 32.9 Å². The molecule has 1 N–H and O–H groups in total. The number of fused-ring (bicyclic) bond motifs is 1. The van der Waals surface area contributed by atoms with Crippen LogP contribution in [0.25, 0.3) is 0 Å². The van der Waals surface area contributed by atoms with Gasteiger partial charge in [-0.3, -0.25) is 9.69 Å². The number of benzene rings is 2. The number of hydrogen-bond donors (Lipinski definition) is 1. The van der Waals surface area contributed by atoms with E-state index in [1.807, 2.05) is 49.9 Å². The van der Waals surface area contributed by atoms with Crippen molar-refractivity contribution in [2.24, 2.45) is 0 Å². The Hall–Kier alpha value is -3.74. The van der Waals surface area contributed by atoms with Crippen LogP contribution >= 0.6 is 23.2 Å². The first-order valence-corrected chi connectivity index (χ1v) is 19.2. The molecule has 3 fully saturated rings. The van der Waals surface area contributed by atoms with Crippen molar-refractivity contribution in [2.75, 3.05) is 64.2 Å². The molecule has 1 unspecified atom stereocenters. The first kappa shape index (κ1) is 38.0. The highest BCUT2D eigenvalue weighted by atomic mass is 35.5. The fourth-order valence-corrected chi connectivity index (χ4v) is 7.93. The van der Waals surface area contributed by atoms with Crippen molar-refractivity contribution in [1.82, 2.24) is 24.5 Å². The number of piperidine rings is 2. The highest BCUT2D eigenvalue weighted by Crippen LogP contribution is 2.27. The predicted octanol–water partition coefficient (Wildman–Crippen LogP) is 6.14. The van der Waals surface area contributed by atoms with E-state index >= 15 is 0 Å². The monoisotopic (exact) mass is 756 g/mol. The topological polar surface area (TPSA) is 115 Å². The number of nitrogens with one attached hydrogen (secondary N) is 1. The Kier molecular flexibility index (Phi) is 12.1. The Morgan fingerprint density at radius 2 is 1.42 bits per heavy atom. The largest absolute Gasteiger partial charge is 0.444 e. The molecule has 4 aliphatic heterocycles. The Morgan fingerprint density at radius 3 is 2.08 bits per heavy atom. The van der Waals surface area contributed by atoms with Crippen LogP contribution in [-0.4, -0.2) is 131 Å². The number of likely N-dealkylation sites (tertiary alicyclic amines) is 2. The third-order valence-corrected chi connectivity index (χ3v) is 11.2. The summed E-state index contributed by atoms with van der Waals surface area (Å²) in [5.41, 5.74) is 2.16. The summed E-state index contributed by atoms with van der Waals surface area (Å²) in [6, 6.07) is 13.2. The molecule has 2 aromatic carbocycles. The lowest BCUT2D eigenvalue weighted by atomic mass is 10.0. The number of rotatable bonds is 6. The maximum Gasteiger partial charge on any atom is 0.410 e. The lowest BCUT2D eigenvalue weighted by Gasteiger charge is -2.43. The lowest BCUT2D eigenvalue weighted by molar-refractivity contribution is -0.143. The standard InChI is InChI=1S/C38H50Cl2N6O6/c1-38(2,3)52-37(50)45-15-11-28(12-16-45)42-20-22-43(23-21-42)34(47)33(25-26-8-9-30(39)31(40)24-26)51-36(49)44-17-13-29(14-18-44)46-19-10-27-6-4-5-7-32(27)41-35(46)48/h4-9,24,28-29,33H,10-23,25H2,1-3H3,(H,41,48). The first-order valence-electron chi connectivity index (χ1n) is 18.4. The number of hydrogen-bond acceptors (Lipinski definition) is 7. The van der Waals surface area contributed by atoms with Crippen LogP contribution in [0.4, 0.5) is 20.1 Å². The van der Waals surface area contributed by atoms with Crippen LogP contribution in [0, 0.1) is 0 Å². The fourth-order valence-electron chi connectivity index (χ4n) is 7.61. The van der Waals surface area contributed by atoms with Gasteiger partial charge in [0.05, 0.1) is 10.0 Å². The molecule has 0 spiro atoms. The number of piperazine rings is 1. The molecule has 0 aromatic heterocycles. The van der Waals surface area contributed by atoms with Crippen molar-refractivity contribution >= 4 is 53.0 Å². The van der Waals surface area contributed by atoms with E-state index in [1.165, 1.54) is 0 Å². The second-order valence-electron chi connectivity index (χ2n) is 15.1. The maximum atomic E-state index is 14.1. The second kappa shape index (κ2) is 16.5. The van der Waals surface area contributed by atoms with Crippen molar-refractivity contribution < 1.29 is 28.7 Å². The minimum atomic E-state index is -1.04. The minimum absolute atomic E-state index is 0.00663. The third kappa shape index (κ3) is 9.43. The highest BCUT2D eigenvalue weighted by Gasteiger charge is 2.37. The molecule has 0 radical (unpaired) electrons. The molecule has 6 rings (SSSR count). The van der Waals surface area contributed by atoms with Gasteiger partial charge in [0.1, 0.15) is 5.60 Å². The number of urea groups is 1. The molecular weight excluding hydrogens is 707 g/mol. The van der Waals surface area contributed by atoms with Crippen LogP contribution in [0.5, 0.6) is 0 Å². The number of nitrogens with zero attached hydrogens (tertiary/aromatic N) is 5. The summed E-state index contributed by atoms with van der Waals surface area (Å²) < 4.78 is 11.6. The predicted molar refractivity (Wildman–Crippen MR) is 200 cm³/mol. The van der Waals surface area contributed by atoms with Gasteiger partial charge in [-0.05, 0) is 82.2 Å². The van der Waals surface area contributed by atoms with E-state index in [4.69, 9.17) is 32.7 Å². The van der Waals surface area contributed by atoms with Gasteiger partial charge in [-0.15, -0.1) is 0 Å². The van der Waals surface area contributed by atoms with Crippen molar-refractivity contribution in [1.29, 1.82) is 0 Å². The molecule has 1 atom stereocenters. The van der Waals surface area contributed by atoms with Crippen LogP contribution in [0.15, 0.2) is 42.5 Å². The molecular formula is C38H50Cl2N6O6. The number of ether oxygens (including phenoxy) is 2. The quantitative estimate of drug-likeness (QED) is 0.377. The summed E-state index contributed by atoms with van der Waals surface area (Å²) in [6.07, 6.45) is 1.99. The molecule has 52 heavy (non-hydrogen) atoms. The summed E-state index contributed by atoms with van der Waals surface area (Å²) in [5.74, 6) is -0.241. The molecule has 4 aliphatic rings. The molecule has 0 saturated carbocycles. The number of carbonyl (C=O) groups is 4. The zero-order chi connectivity index (χ0) is 37.0. The summed E-state index contributed by atoms with van der Waals surface area (Å²) in [4.78, 5) is 62.8. The van der Waals surface area contributed by atoms with Crippen LogP contribution < -0.4 is 5.32 Å². The Morgan fingerprint density at radius 1 is 0.788 bits per heavy atom. The van der Waals surface area contributed by atoms with E-state index in [9.17, 15) is 19.2 Å². The molecule has 0 aliphatic carbocycles.